The molecule has 1 aromatic carbocycles. The topological polar surface area (TPSA) is 57.9 Å². The van der Waals surface area contributed by atoms with E-state index in [1.54, 1.807) is 32.9 Å². The standard InChI is InChI=1S/C13H17NO2S/c1-13(2,3)17(15,16)10-12(9-14)11-7-5-4-6-8-11/h4-8,12H,10H2,1-3H3. The summed E-state index contributed by atoms with van der Waals surface area (Å²) >= 11 is 0. The Hall–Kier alpha value is -1.34. The molecule has 0 radical (unpaired) electrons. The lowest BCUT2D eigenvalue weighted by molar-refractivity contribution is 0.557. The summed E-state index contributed by atoms with van der Waals surface area (Å²) in [6.45, 7) is 4.96. The van der Waals surface area contributed by atoms with Crippen LogP contribution in [-0.2, 0) is 9.84 Å². The maximum atomic E-state index is 12.0. The third kappa shape index (κ3) is 3.31. The molecule has 0 aliphatic rings. The molecule has 0 spiro atoms. The summed E-state index contributed by atoms with van der Waals surface area (Å²) in [5.74, 6) is -0.725. The predicted molar refractivity (Wildman–Crippen MR) is 68.3 cm³/mol. The number of hydrogen-bond acceptors (Lipinski definition) is 3. The molecular formula is C13H17NO2S. The molecule has 1 unspecified atom stereocenters. The second kappa shape index (κ2) is 4.89. The molecule has 1 rings (SSSR count). The lowest BCUT2D eigenvalue weighted by Gasteiger charge is -2.21. The first-order valence-electron chi connectivity index (χ1n) is 5.45. The van der Waals surface area contributed by atoms with Gasteiger partial charge in [-0.1, -0.05) is 30.3 Å². The highest BCUT2D eigenvalue weighted by molar-refractivity contribution is 7.92. The van der Waals surface area contributed by atoms with Crippen LogP contribution < -0.4 is 0 Å². The van der Waals surface area contributed by atoms with E-state index in [1.807, 2.05) is 18.2 Å². The van der Waals surface area contributed by atoms with Gasteiger partial charge < -0.3 is 0 Å². The van der Waals surface area contributed by atoms with Gasteiger partial charge in [0.1, 0.15) is 0 Å². The van der Waals surface area contributed by atoms with Gasteiger partial charge >= 0.3 is 0 Å². The number of nitriles is 1. The van der Waals surface area contributed by atoms with Crippen molar-refractivity contribution in [2.75, 3.05) is 5.75 Å². The van der Waals surface area contributed by atoms with E-state index in [0.717, 1.165) is 5.56 Å². The molecule has 0 amide bonds. The quantitative estimate of drug-likeness (QED) is 0.829. The molecule has 0 saturated heterocycles. The van der Waals surface area contributed by atoms with Crippen molar-refractivity contribution < 1.29 is 8.42 Å². The van der Waals surface area contributed by atoms with Crippen molar-refractivity contribution in [1.82, 2.24) is 0 Å². The fraction of sp³-hybridized carbons (Fsp3) is 0.462. The van der Waals surface area contributed by atoms with Crippen molar-refractivity contribution in [3.63, 3.8) is 0 Å². The molecule has 0 aliphatic carbocycles. The van der Waals surface area contributed by atoms with Crippen LogP contribution >= 0.6 is 0 Å². The summed E-state index contributed by atoms with van der Waals surface area (Å²) in [6.07, 6.45) is 0. The summed E-state index contributed by atoms with van der Waals surface area (Å²) in [7, 11) is -3.28. The van der Waals surface area contributed by atoms with Gasteiger partial charge in [0.05, 0.1) is 22.5 Å². The van der Waals surface area contributed by atoms with E-state index in [1.165, 1.54) is 0 Å². The number of nitrogens with zero attached hydrogens (tertiary/aromatic N) is 1. The van der Waals surface area contributed by atoms with Crippen molar-refractivity contribution in [1.29, 1.82) is 5.26 Å². The van der Waals surface area contributed by atoms with E-state index < -0.39 is 20.5 Å². The fourth-order valence-corrected chi connectivity index (χ4v) is 2.57. The second-order valence-electron chi connectivity index (χ2n) is 4.99. The average molecular weight is 251 g/mol. The van der Waals surface area contributed by atoms with Gasteiger partial charge in [-0.25, -0.2) is 8.42 Å². The Morgan fingerprint density at radius 2 is 1.76 bits per heavy atom. The normalized spacial score (nSPS) is 14.0. The van der Waals surface area contributed by atoms with Gasteiger partial charge in [0, 0.05) is 0 Å². The van der Waals surface area contributed by atoms with Crippen LogP contribution in [0.25, 0.3) is 0 Å². The van der Waals surface area contributed by atoms with Crippen molar-refractivity contribution in [2.24, 2.45) is 0 Å². The van der Waals surface area contributed by atoms with Crippen molar-refractivity contribution in [2.45, 2.75) is 31.4 Å². The van der Waals surface area contributed by atoms with Gasteiger partial charge in [0.25, 0.3) is 0 Å². The van der Waals surface area contributed by atoms with E-state index in [4.69, 9.17) is 5.26 Å². The first-order chi connectivity index (χ1) is 7.78. The van der Waals surface area contributed by atoms with Gasteiger partial charge in [-0.05, 0) is 26.3 Å². The van der Waals surface area contributed by atoms with Crippen LogP contribution in [0.5, 0.6) is 0 Å². The first-order valence-corrected chi connectivity index (χ1v) is 7.10. The Morgan fingerprint density at radius 3 is 2.18 bits per heavy atom. The maximum Gasteiger partial charge on any atom is 0.156 e. The van der Waals surface area contributed by atoms with Crippen LogP contribution in [0.3, 0.4) is 0 Å². The zero-order chi connectivity index (χ0) is 13.1. The minimum absolute atomic E-state index is 0.128. The van der Waals surface area contributed by atoms with Crippen LogP contribution in [-0.4, -0.2) is 18.9 Å². The third-order valence-corrected chi connectivity index (χ3v) is 5.32. The summed E-state index contributed by atoms with van der Waals surface area (Å²) in [5, 5.41) is 9.09. The zero-order valence-corrected chi connectivity index (χ0v) is 11.2. The zero-order valence-electron chi connectivity index (χ0n) is 10.3. The molecule has 0 saturated carbocycles. The smallest absolute Gasteiger partial charge is 0.156 e. The Kier molecular flexibility index (Phi) is 3.94. The molecule has 0 aliphatic heterocycles. The number of benzene rings is 1. The summed E-state index contributed by atoms with van der Waals surface area (Å²) in [4.78, 5) is 0. The average Bonchev–Trinajstić information content (AvgIpc) is 2.25. The van der Waals surface area contributed by atoms with Gasteiger partial charge in [-0.2, -0.15) is 5.26 Å². The van der Waals surface area contributed by atoms with E-state index in [2.05, 4.69) is 6.07 Å². The van der Waals surface area contributed by atoms with Crippen LogP contribution in [0.2, 0.25) is 0 Å². The summed E-state index contributed by atoms with van der Waals surface area (Å²) < 4.78 is 23.3. The van der Waals surface area contributed by atoms with Crippen LogP contribution in [0.1, 0.15) is 32.3 Å². The molecule has 0 aromatic heterocycles. The molecule has 17 heavy (non-hydrogen) atoms. The van der Waals surface area contributed by atoms with Crippen molar-refractivity contribution in [3.8, 4) is 6.07 Å². The van der Waals surface area contributed by atoms with E-state index in [9.17, 15) is 8.42 Å². The Bertz CT molecular complexity index is 507. The minimum atomic E-state index is -3.28. The third-order valence-electron chi connectivity index (χ3n) is 2.68. The molecular weight excluding hydrogens is 234 g/mol. The Morgan fingerprint density at radius 1 is 1.24 bits per heavy atom. The Balaban J connectivity index is 2.99. The lowest BCUT2D eigenvalue weighted by Crippen LogP contribution is -2.32. The molecule has 1 aromatic rings. The van der Waals surface area contributed by atoms with Gasteiger partial charge in [-0.3, -0.25) is 0 Å². The van der Waals surface area contributed by atoms with Crippen LogP contribution in [0.4, 0.5) is 0 Å². The molecule has 0 N–H and O–H groups in total. The lowest BCUT2D eigenvalue weighted by atomic mass is 10.0. The number of sulfone groups is 1. The molecule has 1 atom stereocenters. The number of hydrogen-bond donors (Lipinski definition) is 0. The minimum Gasteiger partial charge on any atom is -0.228 e. The predicted octanol–water partition coefficient (Wildman–Crippen LogP) is 2.51. The molecule has 0 bridgehead atoms. The van der Waals surface area contributed by atoms with Crippen LogP contribution in [0.15, 0.2) is 30.3 Å². The van der Waals surface area contributed by atoms with Crippen molar-refractivity contribution >= 4 is 9.84 Å². The van der Waals surface area contributed by atoms with Gasteiger partial charge in [-0.15, -0.1) is 0 Å². The van der Waals surface area contributed by atoms with Gasteiger partial charge in [0.2, 0.25) is 0 Å². The fourth-order valence-electron chi connectivity index (χ4n) is 1.36. The second-order valence-corrected chi connectivity index (χ2v) is 7.77. The van der Waals surface area contributed by atoms with Crippen molar-refractivity contribution in [3.05, 3.63) is 35.9 Å². The summed E-state index contributed by atoms with van der Waals surface area (Å²) in [6, 6.07) is 11.1. The van der Waals surface area contributed by atoms with E-state index >= 15 is 0 Å². The molecule has 92 valence electrons. The Labute approximate surface area is 103 Å². The summed E-state index contributed by atoms with van der Waals surface area (Å²) in [5.41, 5.74) is 0.753. The highest BCUT2D eigenvalue weighted by Crippen LogP contribution is 2.23. The first kappa shape index (κ1) is 13.7. The molecule has 0 heterocycles. The van der Waals surface area contributed by atoms with E-state index in [-0.39, 0.29) is 5.75 Å². The maximum absolute atomic E-state index is 12.0. The molecule has 0 fully saturated rings. The highest BCUT2D eigenvalue weighted by atomic mass is 32.2. The van der Waals surface area contributed by atoms with Crippen LogP contribution in [0, 0.1) is 11.3 Å². The largest absolute Gasteiger partial charge is 0.228 e. The molecule has 4 heteroatoms. The molecule has 3 nitrogen and oxygen atoms in total. The monoisotopic (exact) mass is 251 g/mol. The van der Waals surface area contributed by atoms with Gasteiger partial charge in [0.15, 0.2) is 9.84 Å². The van der Waals surface area contributed by atoms with E-state index in [0.29, 0.717) is 0 Å². The highest BCUT2D eigenvalue weighted by Gasteiger charge is 2.32. The number of rotatable bonds is 3. The SMILES string of the molecule is CC(C)(C)S(=O)(=O)CC(C#N)c1ccccc1.